The highest BCUT2D eigenvalue weighted by molar-refractivity contribution is 6.41. The number of hydrogen-bond donors (Lipinski definition) is 3. The molecule has 2 fully saturated rings. The van der Waals surface area contributed by atoms with Crippen molar-refractivity contribution in [2.45, 2.75) is 57.1 Å². The number of nitrogens with one attached hydrogen (secondary N) is 1. The van der Waals surface area contributed by atoms with E-state index in [0.717, 1.165) is 6.42 Å². The summed E-state index contributed by atoms with van der Waals surface area (Å²) >= 11 is 0. The average molecular weight is 569 g/mol. The van der Waals surface area contributed by atoms with E-state index in [2.05, 4.69) is 16.3 Å². The second kappa shape index (κ2) is 14.9. The zero-order valence-electron chi connectivity index (χ0n) is 24.0. The topological polar surface area (TPSA) is 156 Å². The predicted octanol–water partition coefficient (Wildman–Crippen LogP) is 1.92. The molecule has 13 heteroatoms. The van der Waals surface area contributed by atoms with E-state index in [1.807, 2.05) is 19.9 Å². The number of ether oxygens (including phenoxy) is 2. The molecule has 0 spiro atoms. The number of benzene rings is 1. The fraction of sp³-hybridized carbons (Fsp3) is 0.571. The predicted molar refractivity (Wildman–Crippen MR) is 151 cm³/mol. The monoisotopic (exact) mass is 569 g/mol. The third-order valence-corrected chi connectivity index (χ3v) is 7.51. The van der Waals surface area contributed by atoms with E-state index in [-0.39, 0.29) is 24.5 Å². The fourth-order valence-corrected chi connectivity index (χ4v) is 5.24. The molecule has 222 valence electrons. The zero-order valence-corrected chi connectivity index (χ0v) is 24.0. The third-order valence-electron chi connectivity index (χ3n) is 7.51. The van der Waals surface area contributed by atoms with Gasteiger partial charge in [0.05, 0.1) is 19.7 Å². The third kappa shape index (κ3) is 9.21. The van der Waals surface area contributed by atoms with E-state index >= 15 is 0 Å². The van der Waals surface area contributed by atoms with Crippen molar-refractivity contribution in [2.75, 3.05) is 46.4 Å². The first-order chi connectivity index (χ1) is 19.5. The number of amides is 3. The largest absolute Gasteiger partial charge is 0.453 e. The number of carbonyl (C=O) groups is 3. The Morgan fingerprint density at radius 1 is 1.12 bits per heavy atom. The number of rotatable bonds is 8. The minimum absolute atomic E-state index is 0.0107. The minimum atomic E-state index is -1.62. The first-order valence-electron chi connectivity index (χ1n) is 13.9. The van der Waals surface area contributed by atoms with Gasteiger partial charge in [0, 0.05) is 44.6 Å². The Morgan fingerprint density at radius 3 is 2.41 bits per heavy atom. The highest BCUT2D eigenvalue weighted by Crippen LogP contribution is 2.23. The Labute approximate surface area is 241 Å². The quantitative estimate of drug-likeness (QED) is 0.242. The molecule has 1 aromatic rings. The Balaban J connectivity index is 1.64. The molecule has 0 aromatic heterocycles. The zero-order chi connectivity index (χ0) is 30.0. The summed E-state index contributed by atoms with van der Waals surface area (Å²) in [5.74, 6) is -0.421. The van der Waals surface area contributed by atoms with Crippen molar-refractivity contribution in [3.8, 4) is 6.07 Å². The molecule has 2 atom stereocenters. The molecule has 2 saturated heterocycles. The van der Waals surface area contributed by atoms with Crippen LogP contribution in [0.1, 0.15) is 44.7 Å². The van der Waals surface area contributed by atoms with Crippen molar-refractivity contribution in [1.29, 1.82) is 5.26 Å². The number of piperazine rings is 1. The lowest BCUT2D eigenvalue weighted by Gasteiger charge is -2.42. The number of nitrogens with zero attached hydrogens (tertiary/aromatic N) is 4. The van der Waals surface area contributed by atoms with Crippen molar-refractivity contribution < 1.29 is 33.9 Å². The van der Waals surface area contributed by atoms with Crippen molar-refractivity contribution in [3.05, 3.63) is 47.5 Å². The van der Waals surface area contributed by atoms with Gasteiger partial charge in [-0.05, 0) is 44.7 Å². The van der Waals surface area contributed by atoms with Gasteiger partial charge in [-0.3, -0.25) is 9.69 Å². The molecule has 0 aliphatic carbocycles. The number of nitriles is 1. The van der Waals surface area contributed by atoms with Crippen LogP contribution < -0.4 is 5.32 Å². The van der Waals surface area contributed by atoms with Crippen LogP contribution in [0.25, 0.3) is 0 Å². The van der Waals surface area contributed by atoms with E-state index in [1.54, 1.807) is 40.1 Å². The Kier molecular flexibility index (Phi) is 11.6. The normalized spacial score (nSPS) is 19.4. The summed E-state index contributed by atoms with van der Waals surface area (Å²) < 4.78 is 10.5. The summed E-state index contributed by atoms with van der Waals surface area (Å²) in [5, 5.41) is 31.6. The summed E-state index contributed by atoms with van der Waals surface area (Å²) in [6.07, 6.45) is 1.86. The molecule has 0 radical (unpaired) electrons. The summed E-state index contributed by atoms with van der Waals surface area (Å²) in [5.41, 5.74) is 0.0961. The lowest BCUT2D eigenvalue weighted by molar-refractivity contribution is -0.127. The maximum Gasteiger partial charge on any atom is 0.453 e. The first-order valence-corrected chi connectivity index (χ1v) is 13.9. The van der Waals surface area contributed by atoms with Gasteiger partial charge >= 0.3 is 19.3 Å². The Morgan fingerprint density at radius 2 is 1.80 bits per heavy atom. The van der Waals surface area contributed by atoms with E-state index in [1.165, 1.54) is 7.11 Å². The van der Waals surface area contributed by atoms with Gasteiger partial charge < -0.3 is 34.6 Å². The first kappa shape index (κ1) is 31.9. The number of methoxy groups -OCH3 is 1. The summed E-state index contributed by atoms with van der Waals surface area (Å²) in [6, 6.07) is 10.3. The smallest absolute Gasteiger partial charge is 0.453 e. The lowest BCUT2D eigenvalue weighted by atomic mass is 9.79. The SMILES string of the molecule is COC(=O)N1CCN(C(C)(C)C=C(C#N)C(=O)N2CCCC[C@H](OC(=O)N[C@H](CB(O)O)c3ccccc3)C2)CC1. The van der Waals surface area contributed by atoms with Gasteiger partial charge in [-0.15, -0.1) is 0 Å². The van der Waals surface area contributed by atoms with E-state index < -0.39 is 36.8 Å². The molecule has 0 bridgehead atoms. The summed E-state index contributed by atoms with van der Waals surface area (Å²) in [4.78, 5) is 43.4. The van der Waals surface area contributed by atoms with Crippen molar-refractivity contribution in [2.24, 2.45) is 0 Å². The van der Waals surface area contributed by atoms with Crippen LogP contribution in [-0.2, 0) is 14.3 Å². The molecular formula is C28H40BN5O7. The van der Waals surface area contributed by atoms with Crippen LogP contribution in [0.5, 0.6) is 0 Å². The maximum absolute atomic E-state index is 13.5. The van der Waals surface area contributed by atoms with Gasteiger partial charge in [-0.2, -0.15) is 5.26 Å². The Hall–Kier alpha value is -3.60. The van der Waals surface area contributed by atoms with Crippen LogP contribution in [0.2, 0.25) is 6.32 Å². The minimum Gasteiger partial charge on any atom is -0.453 e. The molecule has 2 aliphatic heterocycles. The van der Waals surface area contributed by atoms with Crippen LogP contribution in [0.3, 0.4) is 0 Å². The molecule has 3 amide bonds. The highest BCUT2D eigenvalue weighted by Gasteiger charge is 2.33. The molecule has 3 N–H and O–H groups in total. The van der Waals surface area contributed by atoms with Crippen LogP contribution in [0, 0.1) is 11.3 Å². The lowest BCUT2D eigenvalue weighted by Crippen LogP contribution is -2.55. The van der Waals surface area contributed by atoms with Crippen LogP contribution in [0.4, 0.5) is 9.59 Å². The molecule has 12 nitrogen and oxygen atoms in total. The van der Waals surface area contributed by atoms with Crippen molar-refractivity contribution >= 4 is 25.2 Å². The molecular weight excluding hydrogens is 529 g/mol. The van der Waals surface area contributed by atoms with Crippen LogP contribution in [-0.4, -0.2) is 108 Å². The number of carbonyl (C=O) groups excluding carboxylic acids is 3. The molecule has 2 aliphatic rings. The summed E-state index contributed by atoms with van der Waals surface area (Å²) in [6.45, 7) is 6.52. The highest BCUT2D eigenvalue weighted by atomic mass is 16.6. The van der Waals surface area contributed by atoms with Gasteiger partial charge in [0.1, 0.15) is 17.7 Å². The number of likely N-dealkylation sites (tertiary alicyclic amines) is 1. The van der Waals surface area contributed by atoms with Crippen molar-refractivity contribution in [1.82, 2.24) is 20.0 Å². The molecule has 0 unspecified atom stereocenters. The van der Waals surface area contributed by atoms with Gasteiger partial charge in [-0.25, -0.2) is 9.59 Å². The standard InChI is InChI=1S/C28H40BN5O7/c1-28(2,34-15-13-32(14-16-34)27(37)40-3)17-22(19-30)25(35)33-12-8-7-11-23(20-33)41-26(36)31-24(18-29(38)39)21-9-5-4-6-10-21/h4-6,9-10,17,23-24,38-39H,7-8,11-16,18,20H2,1-3H3,(H,31,36)/t23-,24+/m0/s1. The molecule has 2 heterocycles. The Bertz CT molecular complexity index is 1120. The average Bonchev–Trinajstić information content (AvgIpc) is 3.20. The second-order valence-corrected chi connectivity index (χ2v) is 10.9. The van der Waals surface area contributed by atoms with Gasteiger partial charge in [0.25, 0.3) is 5.91 Å². The van der Waals surface area contributed by atoms with Crippen LogP contribution >= 0.6 is 0 Å². The summed E-state index contributed by atoms with van der Waals surface area (Å²) in [7, 11) is -0.273. The maximum atomic E-state index is 13.5. The van der Waals surface area contributed by atoms with Gasteiger partial charge in [0.2, 0.25) is 0 Å². The number of alkyl carbamates (subject to hydrolysis) is 1. The fourth-order valence-electron chi connectivity index (χ4n) is 5.24. The van der Waals surface area contributed by atoms with Gasteiger partial charge in [-0.1, -0.05) is 30.3 Å². The van der Waals surface area contributed by atoms with E-state index in [0.29, 0.717) is 51.1 Å². The number of hydrogen-bond acceptors (Lipinski definition) is 9. The molecule has 0 saturated carbocycles. The van der Waals surface area contributed by atoms with Gasteiger partial charge in [0.15, 0.2) is 0 Å². The van der Waals surface area contributed by atoms with E-state index in [9.17, 15) is 29.7 Å². The second-order valence-electron chi connectivity index (χ2n) is 10.9. The molecule has 1 aromatic carbocycles. The molecule has 41 heavy (non-hydrogen) atoms. The van der Waals surface area contributed by atoms with Crippen LogP contribution in [0.15, 0.2) is 42.0 Å². The molecule has 3 rings (SSSR count). The van der Waals surface area contributed by atoms with Crippen molar-refractivity contribution in [3.63, 3.8) is 0 Å². The van der Waals surface area contributed by atoms with E-state index in [4.69, 9.17) is 9.47 Å².